The number of thioether (sulfide) groups is 1. The Morgan fingerprint density at radius 1 is 1.29 bits per heavy atom. The third-order valence-corrected chi connectivity index (χ3v) is 6.47. The van der Waals surface area contributed by atoms with Crippen molar-refractivity contribution in [3.8, 4) is 0 Å². The lowest BCUT2D eigenvalue weighted by Crippen LogP contribution is -2.23. The first-order valence-electron chi connectivity index (χ1n) is 8.45. The van der Waals surface area contributed by atoms with E-state index in [2.05, 4.69) is 15.6 Å². The first kappa shape index (κ1) is 16.1. The third-order valence-electron chi connectivity index (χ3n) is 4.56. The number of nitrogens with zero attached hydrogens (tertiary/aromatic N) is 4. The summed E-state index contributed by atoms with van der Waals surface area (Å²) in [4.78, 5) is 18.2. The Bertz CT molecular complexity index is 709. The van der Waals surface area contributed by atoms with E-state index < -0.39 is 0 Å². The van der Waals surface area contributed by atoms with Gasteiger partial charge in [0.05, 0.1) is 17.2 Å². The van der Waals surface area contributed by atoms with Crippen molar-refractivity contribution in [2.75, 3.05) is 6.54 Å². The molecule has 0 aromatic carbocycles. The molecule has 1 aliphatic heterocycles. The maximum absolute atomic E-state index is 11.6. The highest BCUT2D eigenvalue weighted by molar-refractivity contribution is 7.98. The van der Waals surface area contributed by atoms with Gasteiger partial charge in [0.2, 0.25) is 11.8 Å². The molecule has 0 radical (unpaired) electrons. The van der Waals surface area contributed by atoms with Crippen LogP contribution < -0.4 is 0 Å². The predicted octanol–water partition coefficient (Wildman–Crippen LogP) is 3.60. The van der Waals surface area contributed by atoms with Crippen molar-refractivity contribution in [1.29, 1.82) is 0 Å². The molecule has 6 nitrogen and oxygen atoms in total. The molecule has 0 unspecified atom stereocenters. The van der Waals surface area contributed by atoms with Gasteiger partial charge in [0.15, 0.2) is 0 Å². The van der Waals surface area contributed by atoms with Crippen LogP contribution in [0.4, 0.5) is 0 Å². The fourth-order valence-electron chi connectivity index (χ4n) is 3.28. The number of hydrogen-bond acceptors (Lipinski definition) is 7. The minimum Gasteiger partial charge on any atom is -0.414 e. The molecule has 2 aromatic rings. The molecule has 1 aliphatic carbocycles. The van der Waals surface area contributed by atoms with E-state index in [1.807, 2.05) is 0 Å². The van der Waals surface area contributed by atoms with Crippen molar-refractivity contribution in [1.82, 2.24) is 20.1 Å². The average Bonchev–Trinajstić information content (AvgIpc) is 3.35. The number of likely N-dealkylation sites (tertiary alicyclic amines) is 1. The van der Waals surface area contributed by atoms with Crippen LogP contribution in [0.3, 0.4) is 0 Å². The average molecular weight is 364 g/mol. The van der Waals surface area contributed by atoms with Crippen LogP contribution in [0.1, 0.15) is 61.0 Å². The van der Waals surface area contributed by atoms with E-state index in [4.69, 9.17) is 9.40 Å². The summed E-state index contributed by atoms with van der Waals surface area (Å²) in [5.41, 5.74) is 1.08. The van der Waals surface area contributed by atoms with Crippen LogP contribution in [0, 0.1) is 0 Å². The van der Waals surface area contributed by atoms with Crippen LogP contribution in [0.25, 0.3) is 0 Å². The van der Waals surface area contributed by atoms with E-state index in [1.54, 1.807) is 16.2 Å². The number of amides is 1. The smallest absolute Gasteiger partial charge is 0.277 e. The number of carbonyl (C=O) groups is 1. The van der Waals surface area contributed by atoms with Gasteiger partial charge >= 0.3 is 0 Å². The number of aromatic nitrogens is 3. The van der Waals surface area contributed by atoms with Gasteiger partial charge in [-0.05, 0) is 19.3 Å². The number of thiazole rings is 1. The predicted molar refractivity (Wildman–Crippen MR) is 91.8 cm³/mol. The second kappa shape index (κ2) is 7.23. The van der Waals surface area contributed by atoms with Gasteiger partial charge in [-0.2, -0.15) is 0 Å². The van der Waals surface area contributed by atoms with Gasteiger partial charge in [0.25, 0.3) is 5.22 Å². The maximum Gasteiger partial charge on any atom is 0.277 e. The van der Waals surface area contributed by atoms with Gasteiger partial charge in [0.1, 0.15) is 0 Å². The van der Waals surface area contributed by atoms with Crippen LogP contribution in [-0.4, -0.2) is 32.5 Å². The Hall–Kier alpha value is -1.41. The van der Waals surface area contributed by atoms with Crippen LogP contribution in [0.15, 0.2) is 15.0 Å². The summed E-state index contributed by atoms with van der Waals surface area (Å²) >= 11 is 3.28. The second-order valence-electron chi connectivity index (χ2n) is 6.33. The van der Waals surface area contributed by atoms with Crippen molar-refractivity contribution in [3.05, 3.63) is 22.0 Å². The van der Waals surface area contributed by atoms with Gasteiger partial charge in [-0.15, -0.1) is 21.5 Å². The van der Waals surface area contributed by atoms with Crippen LogP contribution >= 0.6 is 23.1 Å². The second-order valence-corrected chi connectivity index (χ2v) is 8.14. The maximum atomic E-state index is 11.6. The normalized spacial score (nSPS) is 18.8. The third kappa shape index (κ3) is 3.64. The van der Waals surface area contributed by atoms with Crippen molar-refractivity contribution < 1.29 is 9.21 Å². The van der Waals surface area contributed by atoms with E-state index in [9.17, 15) is 4.79 Å². The standard InChI is InChI=1S/C16H20N4O2S2/c21-14-6-3-7-20(14)8-13-18-19-16(22-13)24-10-12-9-23-15(17-12)11-4-1-2-5-11/h9,11H,1-8,10H2. The van der Waals surface area contributed by atoms with Crippen molar-refractivity contribution in [2.24, 2.45) is 0 Å². The van der Waals surface area contributed by atoms with Gasteiger partial charge in [-0.3, -0.25) is 4.79 Å². The molecule has 1 saturated carbocycles. The molecule has 4 rings (SSSR count). The van der Waals surface area contributed by atoms with Gasteiger partial charge in [-0.25, -0.2) is 4.98 Å². The van der Waals surface area contributed by atoms with E-state index >= 15 is 0 Å². The SMILES string of the molecule is O=C1CCCN1Cc1nnc(SCc2csc(C3CCCC3)n2)o1. The molecule has 2 aromatic heterocycles. The topological polar surface area (TPSA) is 72.1 Å². The lowest BCUT2D eigenvalue weighted by Gasteiger charge is -2.11. The Labute approximate surface area is 149 Å². The largest absolute Gasteiger partial charge is 0.414 e. The molecule has 1 amide bonds. The fraction of sp³-hybridized carbons (Fsp3) is 0.625. The van der Waals surface area contributed by atoms with Crippen molar-refractivity contribution >= 4 is 29.0 Å². The number of carbonyl (C=O) groups excluding carboxylic acids is 1. The van der Waals surface area contributed by atoms with Crippen LogP contribution in [0.2, 0.25) is 0 Å². The quantitative estimate of drug-likeness (QED) is 0.729. The highest BCUT2D eigenvalue weighted by Crippen LogP contribution is 2.36. The molecule has 8 heteroatoms. The zero-order valence-electron chi connectivity index (χ0n) is 13.4. The van der Waals surface area contributed by atoms with Crippen LogP contribution in [0.5, 0.6) is 0 Å². The number of rotatable bonds is 6. The highest BCUT2D eigenvalue weighted by atomic mass is 32.2. The van der Waals surface area contributed by atoms with Crippen molar-refractivity contribution in [3.63, 3.8) is 0 Å². The first-order chi connectivity index (χ1) is 11.8. The Balaban J connectivity index is 1.30. The Morgan fingerprint density at radius 2 is 2.17 bits per heavy atom. The number of hydrogen-bond donors (Lipinski definition) is 0. The first-order valence-corrected chi connectivity index (χ1v) is 10.3. The molecule has 1 saturated heterocycles. The molecule has 2 aliphatic rings. The minimum atomic E-state index is 0.171. The van der Waals surface area contributed by atoms with E-state index in [0.717, 1.165) is 24.4 Å². The summed E-state index contributed by atoms with van der Waals surface area (Å²) in [6.07, 6.45) is 6.77. The molecule has 0 atom stereocenters. The van der Waals surface area contributed by atoms with Gasteiger partial charge < -0.3 is 9.32 Å². The summed E-state index contributed by atoms with van der Waals surface area (Å²) in [7, 11) is 0. The van der Waals surface area contributed by atoms with E-state index in [1.165, 1.54) is 42.5 Å². The van der Waals surface area contributed by atoms with Crippen LogP contribution in [-0.2, 0) is 17.1 Å². The summed E-state index contributed by atoms with van der Waals surface area (Å²) in [6, 6.07) is 0. The van der Waals surface area contributed by atoms with Gasteiger partial charge in [-0.1, -0.05) is 24.6 Å². The zero-order chi connectivity index (χ0) is 16.4. The highest BCUT2D eigenvalue weighted by Gasteiger charge is 2.23. The van der Waals surface area contributed by atoms with E-state index in [-0.39, 0.29) is 5.91 Å². The molecular formula is C16H20N4O2S2. The lowest BCUT2D eigenvalue weighted by molar-refractivity contribution is -0.128. The molecule has 0 N–H and O–H groups in total. The van der Waals surface area contributed by atoms with Crippen molar-refractivity contribution in [2.45, 2.75) is 62.0 Å². The molecule has 3 heterocycles. The summed E-state index contributed by atoms with van der Waals surface area (Å²) in [6.45, 7) is 1.21. The van der Waals surface area contributed by atoms with E-state index in [0.29, 0.717) is 30.0 Å². The summed E-state index contributed by atoms with van der Waals surface area (Å²) < 4.78 is 5.64. The molecule has 128 valence electrons. The summed E-state index contributed by atoms with van der Waals surface area (Å²) in [5.74, 6) is 2.09. The van der Waals surface area contributed by atoms with Gasteiger partial charge in [0, 0.05) is 30.0 Å². The summed E-state index contributed by atoms with van der Waals surface area (Å²) in [5, 5.41) is 12.1. The molecule has 24 heavy (non-hydrogen) atoms. The lowest BCUT2D eigenvalue weighted by atomic mass is 10.1. The Kier molecular flexibility index (Phi) is 4.84. The Morgan fingerprint density at radius 3 is 2.96 bits per heavy atom. The molecule has 0 bridgehead atoms. The molecular weight excluding hydrogens is 344 g/mol. The monoisotopic (exact) mass is 364 g/mol. The molecule has 0 spiro atoms. The zero-order valence-corrected chi connectivity index (χ0v) is 15.1. The fourth-order valence-corrected chi connectivity index (χ4v) is 5.05. The minimum absolute atomic E-state index is 0.171. The molecule has 2 fully saturated rings.